The molecule has 0 saturated carbocycles. The molecule has 0 radical (unpaired) electrons. The highest BCUT2D eigenvalue weighted by atomic mass is 15.0. The van der Waals surface area contributed by atoms with Gasteiger partial charge in [-0.25, -0.2) is 19.8 Å². The fraction of sp³-hybridized carbons (Fsp3) is 0.103. The standard InChI is InChI=1S/C58H41N5/c1-57(2)49-18-12-10-16-43(49)45-32-38(24-28-50(45)57)55-60-54(61-56(62-55)39-23-27-44-42-15-9-11-17-48(42)58(3,4)51(44)33-39)36-21-19-35(20-22-36)37-25-29-52-46(31-37)47-34-40(59-5)26-30-53(47)63(52)41-13-7-6-8-14-41/h6-34H,1-4H3. The van der Waals surface area contributed by atoms with Gasteiger partial charge in [0.25, 0.3) is 0 Å². The van der Waals surface area contributed by atoms with Crippen molar-refractivity contribution in [2.24, 2.45) is 0 Å². The van der Waals surface area contributed by atoms with Gasteiger partial charge in [-0.15, -0.1) is 0 Å². The van der Waals surface area contributed by atoms with Crippen molar-refractivity contribution in [2.75, 3.05) is 0 Å². The molecule has 0 saturated heterocycles. The van der Waals surface area contributed by atoms with E-state index < -0.39 is 0 Å². The molecular weight excluding hydrogens is 767 g/mol. The quantitative estimate of drug-likeness (QED) is 0.163. The third-order valence-electron chi connectivity index (χ3n) is 13.7. The minimum atomic E-state index is -0.157. The van der Waals surface area contributed by atoms with Crippen molar-refractivity contribution < 1.29 is 0 Å². The Bertz CT molecular complexity index is 3570. The second kappa shape index (κ2) is 13.5. The van der Waals surface area contributed by atoms with E-state index in [1.165, 1.54) is 44.5 Å². The van der Waals surface area contributed by atoms with Crippen LogP contribution in [0, 0.1) is 6.57 Å². The summed E-state index contributed by atoms with van der Waals surface area (Å²) in [4.78, 5) is 19.5. The number of fused-ring (bicyclic) bond motifs is 9. The van der Waals surface area contributed by atoms with Crippen LogP contribution >= 0.6 is 0 Å². The monoisotopic (exact) mass is 807 g/mol. The molecule has 8 aromatic carbocycles. The van der Waals surface area contributed by atoms with Crippen molar-refractivity contribution in [1.82, 2.24) is 19.5 Å². The van der Waals surface area contributed by atoms with Crippen LogP contribution in [0.25, 0.3) is 99.9 Å². The normalized spacial score (nSPS) is 14.0. The van der Waals surface area contributed by atoms with E-state index in [4.69, 9.17) is 21.5 Å². The molecule has 0 amide bonds. The lowest BCUT2D eigenvalue weighted by atomic mass is 9.82. The van der Waals surface area contributed by atoms with Crippen LogP contribution in [0.15, 0.2) is 176 Å². The van der Waals surface area contributed by atoms with E-state index in [2.05, 4.69) is 195 Å². The minimum absolute atomic E-state index is 0.0966. The zero-order valence-corrected chi connectivity index (χ0v) is 35.5. The Balaban J connectivity index is 0.982. The molecule has 10 aromatic rings. The van der Waals surface area contributed by atoms with Crippen molar-refractivity contribution in [3.8, 4) is 73.2 Å². The van der Waals surface area contributed by atoms with Crippen LogP contribution in [0.5, 0.6) is 0 Å². The number of nitrogens with zero attached hydrogens (tertiary/aromatic N) is 5. The maximum atomic E-state index is 7.73. The summed E-state index contributed by atoms with van der Waals surface area (Å²) < 4.78 is 2.28. The lowest BCUT2D eigenvalue weighted by molar-refractivity contribution is 0.660. The van der Waals surface area contributed by atoms with Crippen molar-refractivity contribution >= 4 is 27.5 Å². The summed E-state index contributed by atoms with van der Waals surface area (Å²) in [5, 5.41) is 2.16. The van der Waals surface area contributed by atoms with Crippen molar-refractivity contribution in [3.05, 3.63) is 210 Å². The van der Waals surface area contributed by atoms with Crippen molar-refractivity contribution in [1.29, 1.82) is 0 Å². The van der Waals surface area contributed by atoms with Crippen molar-refractivity contribution in [2.45, 2.75) is 38.5 Å². The molecule has 0 fully saturated rings. The molecule has 2 aliphatic carbocycles. The fourth-order valence-corrected chi connectivity index (χ4v) is 10.4. The number of hydrogen-bond donors (Lipinski definition) is 0. The van der Waals surface area contributed by atoms with Crippen LogP contribution in [0.2, 0.25) is 0 Å². The molecule has 298 valence electrons. The SMILES string of the molecule is [C-]#[N+]c1ccc2c(c1)c1cc(-c3ccc(-c4nc(-c5ccc6c(c5)-c5ccccc5C6(C)C)nc(-c5ccc6c(c5)C(C)(C)c5ccccc5-6)n4)cc3)ccc1n2-c1ccccc1. The van der Waals surface area contributed by atoms with Gasteiger partial charge < -0.3 is 4.57 Å². The lowest BCUT2D eigenvalue weighted by Gasteiger charge is -2.22. The van der Waals surface area contributed by atoms with Crippen LogP contribution < -0.4 is 0 Å². The highest BCUT2D eigenvalue weighted by Gasteiger charge is 2.37. The third-order valence-corrected chi connectivity index (χ3v) is 13.7. The molecule has 0 unspecified atom stereocenters. The van der Waals surface area contributed by atoms with E-state index in [1.807, 2.05) is 18.2 Å². The van der Waals surface area contributed by atoms with E-state index in [0.717, 1.165) is 55.3 Å². The van der Waals surface area contributed by atoms with Gasteiger partial charge in [-0.2, -0.15) is 0 Å². The maximum Gasteiger partial charge on any atom is 0.188 e. The number of para-hydroxylation sites is 1. The number of hydrogen-bond acceptors (Lipinski definition) is 3. The smallest absolute Gasteiger partial charge is 0.188 e. The van der Waals surface area contributed by atoms with Gasteiger partial charge in [0.2, 0.25) is 0 Å². The average molecular weight is 808 g/mol. The number of benzene rings is 8. The maximum absolute atomic E-state index is 7.73. The molecule has 2 aromatic heterocycles. The Labute approximate surface area is 366 Å². The Morgan fingerprint density at radius 2 is 0.889 bits per heavy atom. The van der Waals surface area contributed by atoms with Crippen LogP contribution in [0.1, 0.15) is 49.9 Å². The van der Waals surface area contributed by atoms with Crippen LogP contribution in [0.4, 0.5) is 5.69 Å². The Morgan fingerprint density at radius 3 is 1.59 bits per heavy atom. The topological polar surface area (TPSA) is 48.0 Å². The van der Waals surface area contributed by atoms with Gasteiger partial charge in [-0.3, -0.25) is 0 Å². The summed E-state index contributed by atoms with van der Waals surface area (Å²) in [5.41, 5.74) is 19.0. The van der Waals surface area contributed by atoms with Gasteiger partial charge >= 0.3 is 0 Å². The first-order valence-electron chi connectivity index (χ1n) is 21.5. The number of aromatic nitrogens is 4. The average Bonchev–Trinajstić information content (AvgIpc) is 3.87. The summed E-state index contributed by atoms with van der Waals surface area (Å²) in [7, 11) is 0. The lowest BCUT2D eigenvalue weighted by Crippen LogP contribution is -2.15. The summed E-state index contributed by atoms with van der Waals surface area (Å²) in [6.45, 7) is 17.0. The van der Waals surface area contributed by atoms with E-state index in [-0.39, 0.29) is 10.8 Å². The molecule has 5 heteroatoms. The Morgan fingerprint density at radius 1 is 0.397 bits per heavy atom. The summed E-state index contributed by atoms with van der Waals surface area (Å²) >= 11 is 0. The molecular formula is C58H41N5. The first-order chi connectivity index (χ1) is 30.7. The van der Waals surface area contributed by atoms with Gasteiger partial charge in [0.05, 0.1) is 17.6 Å². The largest absolute Gasteiger partial charge is 0.309 e. The van der Waals surface area contributed by atoms with Gasteiger partial charge in [-0.05, 0) is 110 Å². The molecule has 2 aliphatic rings. The van der Waals surface area contributed by atoms with E-state index in [1.54, 1.807) is 0 Å². The summed E-state index contributed by atoms with van der Waals surface area (Å²) in [5.74, 6) is 1.92. The van der Waals surface area contributed by atoms with E-state index in [0.29, 0.717) is 23.2 Å². The first-order valence-corrected chi connectivity index (χ1v) is 21.5. The third kappa shape index (κ3) is 5.58. The molecule has 2 heterocycles. The van der Waals surface area contributed by atoms with Crippen LogP contribution in [-0.4, -0.2) is 19.5 Å². The molecule has 0 spiro atoms. The minimum Gasteiger partial charge on any atom is -0.309 e. The highest BCUT2D eigenvalue weighted by Crippen LogP contribution is 2.51. The van der Waals surface area contributed by atoms with Gasteiger partial charge in [0.15, 0.2) is 23.2 Å². The van der Waals surface area contributed by atoms with Gasteiger partial charge in [0.1, 0.15) is 0 Å². The zero-order chi connectivity index (χ0) is 42.6. The van der Waals surface area contributed by atoms with E-state index >= 15 is 0 Å². The summed E-state index contributed by atoms with van der Waals surface area (Å²) in [6.07, 6.45) is 0. The molecule has 0 aliphatic heterocycles. The van der Waals surface area contributed by atoms with Gasteiger partial charge in [-0.1, -0.05) is 155 Å². The van der Waals surface area contributed by atoms with Gasteiger partial charge in [0, 0.05) is 38.6 Å². The highest BCUT2D eigenvalue weighted by molar-refractivity contribution is 6.11. The number of rotatable bonds is 5. The summed E-state index contributed by atoms with van der Waals surface area (Å²) in [6, 6.07) is 62.4. The molecule has 0 atom stereocenters. The fourth-order valence-electron chi connectivity index (χ4n) is 10.4. The second-order valence-corrected chi connectivity index (χ2v) is 18.0. The zero-order valence-electron chi connectivity index (χ0n) is 35.5. The Hall–Kier alpha value is -7.94. The van der Waals surface area contributed by atoms with Crippen LogP contribution in [0.3, 0.4) is 0 Å². The molecule has 0 bridgehead atoms. The molecule has 63 heavy (non-hydrogen) atoms. The predicted molar refractivity (Wildman–Crippen MR) is 257 cm³/mol. The second-order valence-electron chi connectivity index (χ2n) is 18.0. The molecule has 0 N–H and O–H groups in total. The van der Waals surface area contributed by atoms with Crippen molar-refractivity contribution in [3.63, 3.8) is 0 Å². The first kappa shape index (κ1) is 36.9. The van der Waals surface area contributed by atoms with Crippen LogP contribution in [-0.2, 0) is 10.8 Å². The van der Waals surface area contributed by atoms with E-state index in [9.17, 15) is 0 Å². The Kier molecular flexibility index (Phi) is 7.92. The molecule has 12 rings (SSSR count). The predicted octanol–water partition coefficient (Wildman–Crippen LogP) is 14.8. The molecule has 5 nitrogen and oxygen atoms in total.